The number of benzene rings is 3. The molecule has 14 atom stereocenters. The minimum Gasteiger partial charge on any atom is -0.508 e. The Morgan fingerprint density at radius 2 is 1.19 bits per heavy atom. The standard InChI is InChI=1S/C67H78N14O26/c1-4-9-44-55(107-44)66(104)77-43(27-82)61(99)80-51-29(3)106-67(105)42(20-32-25-70-37-13-8-6-11-35(32)37)76-62(100)50(28(2)18-46(85)86)79-65(103)53(54(93)56(68)94)78-45(84)26-71-57(95)39(21-47(87)88)75-64(102)52(30-14-16-33(83)17-15-30)81-60(98)41(23-49(91)92)73-59(97)40(22-48(89)90)72-58(96)38(74-63(51)101)19-31-24-69-36-12-7-5-10-34(31)36/h5-8,10-17,20,24-25,28-29,38-41,43-44,50-55,69-70,82-83,93H,4,9,18-19,21-23,26-27H2,1-3H3,(H2,68,94)(H,71,95)(H,72,96)(H,73,97)(H,74,101)(H,75,102)(H,76,100)(H,77,104)(H,78,84)(H,79,103)(H,80,99)(H,81,98)(H,85,86)(H,87,88)(H,89,90)(H,91,92)/b42-20+/t28-,29?,38+,39-,40-,41-,43-,44+,50-,51?,52-,53+,54-,55-/m0/s1. The van der Waals surface area contributed by atoms with E-state index < -0.39 is 242 Å². The summed E-state index contributed by atoms with van der Waals surface area (Å²) in [5.41, 5.74) is 5.33. The van der Waals surface area contributed by atoms with E-state index in [0.717, 1.165) is 44.2 Å². The van der Waals surface area contributed by atoms with Crippen LogP contribution in [0.25, 0.3) is 27.9 Å². The zero-order valence-electron chi connectivity index (χ0n) is 57.1. The summed E-state index contributed by atoms with van der Waals surface area (Å²) in [7, 11) is 0. The van der Waals surface area contributed by atoms with Crippen LogP contribution in [0.5, 0.6) is 5.75 Å². The Balaban J connectivity index is 1.39. The molecule has 0 aliphatic carbocycles. The Kier molecular flexibility index (Phi) is 28.2. The number of hydrogen-bond acceptors (Lipinski definition) is 22. The first-order valence-corrected chi connectivity index (χ1v) is 32.9. The van der Waals surface area contributed by atoms with Crippen LogP contribution in [-0.4, -0.2) is 232 Å². The molecule has 4 heterocycles. The fraction of sp³-hybridized carbons (Fsp3) is 0.388. The molecule has 572 valence electrons. The van der Waals surface area contributed by atoms with Gasteiger partial charge in [0.25, 0.3) is 5.91 Å². The summed E-state index contributed by atoms with van der Waals surface area (Å²) in [5, 5.41) is 96.2. The molecule has 107 heavy (non-hydrogen) atoms. The maximum atomic E-state index is 15.3. The number of rotatable bonds is 22. The number of epoxide rings is 1. The lowest BCUT2D eigenvalue weighted by atomic mass is 9.96. The molecule has 7 rings (SSSR count). The number of primary amides is 1. The van der Waals surface area contributed by atoms with Gasteiger partial charge in [-0.05, 0) is 60.7 Å². The van der Waals surface area contributed by atoms with E-state index in [0.29, 0.717) is 34.6 Å². The van der Waals surface area contributed by atoms with E-state index in [9.17, 15) is 103 Å². The van der Waals surface area contributed by atoms with E-state index in [1.807, 2.05) is 21.3 Å². The summed E-state index contributed by atoms with van der Waals surface area (Å²) in [6.45, 7) is 1.38. The fourth-order valence-corrected chi connectivity index (χ4v) is 11.2. The number of nitrogens with one attached hydrogen (secondary N) is 13. The monoisotopic (exact) mass is 1490 g/mol. The number of carbonyl (C=O) groups is 17. The largest absolute Gasteiger partial charge is 0.508 e. The molecule has 2 saturated heterocycles. The molecule has 2 aromatic heterocycles. The maximum absolute atomic E-state index is 15.3. The number of carboxylic acid groups (broad SMARTS) is 4. The summed E-state index contributed by atoms with van der Waals surface area (Å²) in [6.07, 6.45) is -7.46. The number of H-pyrrole nitrogens is 2. The SMILES string of the molecule is CCC[C@H]1O[C@@H]1C(=O)N[C@@H](CO)C(=O)NC1C(=O)N[C@H](Cc2c[nH]c3ccccc23)C(=O)N[C@@H](CC(=O)O)C(=O)N[C@@H](CC(=O)O)C(=O)N[C@@H](c2ccc(O)cc2)C(=O)N[C@@H](CC(=O)O)C(=O)NCC(=O)N[C@H]([C@H](O)C(N)=O)C(=O)N[C@@H]([C@@H](C)CC(=O)O)C(=O)N/C(=C/c2c[nH]c3ccccc23)C(=O)OC1C. The number of esters is 1. The molecular weight excluding hydrogens is 1420 g/mol. The van der Waals surface area contributed by atoms with E-state index in [1.54, 1.807) is 55.5 Å². The quantitative estimate of drug-likeness (QED) is 0.0175. The van der Waals surface area contributed by atoms with Gasteiger partial charge in [0.05, 0.1) is 44.9 Å². The normalized spacial score (nSPS) is 24.1. The third kappa shape index (κ3) is 22.6. The van der Waals surface area contributed by atoms with Gasteiger partial charge in [-0.1, -0.05) is 68.8 Å². The molecule has 40 nitrogen and oxygen atoms in total. The molecular formula is C67H78N14O26. The number of aliphatic hydroxyl groups excluding tert-OH is 2. The summed E-state index contributed by atoms with van der Waals surface area (Å²) >= 11 is 0. The number of carboxylic acids is 4. The number of phenols is 1. The summed E-state index contributed by atoms with van der Waals surface area (Å²) in [6, 6.07) is -3.50. The Bertz CT molecular complexity index is 4290. The number of aliphatic carboxylic acids is 4. The van der Waals surface area contributed by atoms with Gasteiger partial charge in [0.2, 0.25) is 65.0 Å². The Morgan fingerprint density at radius 3 is 1.78 bits per heavy atom. The lowest BCUT2D eigenvalue weighted by molar-refractivity contribution is -0.150. The highest BCUT2D eigenvalue weighted by atomic mass is 16.6. The lowest BCUT2D eigenvalue weighted by Gasteiger charge is -2.29. The predicted molar refractivity (Wildman–Crippen MR) is 363 cm³/mol. The number of hydrogen-bond donors (Lipinski definition) is 21. The zero-order valence-corrected chi connectivity index (χ0v) is 57.1. The molecule has 2 unspecified atom stereocenters. The molecule has 22 N–H and O–H groups in total. The van der Waals surface area contributed by atoms with Gasteiger partial charge in [0.15, 0.2) is 12.2 Å². The highest BCUT2D eigenvalue weighted by Gasteiger charge is 2.46. The molecule has 2 aliphatic heterocycles. The Morgan fingerprint density at radius 1 is 0.636 bits per heavy atom. The number of cyclic esters (lactones) is 1. The van der Waals surface area contributed by atoms with Crippen LogP contribution in [0.4, 0.5) is 0 Å². The summed E-state index contributed by atoms with van der Waals surface area (Å²) < 4.78 is 11.3. The van der Waals surface area contributed by atoms with Gasteiger partial charge in [-0.2, -0.15) is 0 Å². The zero-order chi connectivity index (χ0) is 78.7. The lowest BCUT2D eigenvalue weighted by Crippen LogP contribution is -2.62. The van der Waals surface area contributed by atoms with Crippen LogP contribution in [0.3, 0.4) is 0 Å². The van der Waals surface area contributed by atoms with Crippen molar-refractivity contribution < 1.29 is 127 Å². The van der Waals surface area contributed by atoms with Crippen LogP contribution >= 0.6 is 0 Å². The Hall–Kier alpha value is -12.9. The number of carbonyl (C=O) groups excluding carboxylic acids is 13. The van der Waals surface area contributed by atoms with Crippen molar-refractivity contribution in [3.8, 4) is 5.75 Å². The number of para-hydroxylation sites is 2. The third-order valence-corrected chi connectivity index (χ3v) is 16.8. The van der Waals surface area contributed by atoms with E-state index in [2.05, 4.69) is 47.2 Å². The molecule has 5 aromatic rings. The molecule has 2 aliphatic rings. The number of aromatic nitrogens is 2. The van der Waals surface area contributed by atoms with Crippen LogP contribution in [0.1, 0.15) is 82.0 Å². The number of nitrogens with two attached hydrogens (primary N) is 1. The summed E-state index contributed by atoms with van der Waals surface area (Å²) in [4.78, 5) is 241. The van der Waals surface area contributed by atoms with Crippen molar-refractivity contribution in [2.24, 2.45) is 11.7 Å². The second kappa shape index (κ2) is 37.0. The minimum absolute atomic E-state index is 0.0911. The number of aromatic hydroxyl groups is 1. The van der Waals surface area contributed by atoms with E-state index in [-0.39, 0.29) is 16.7 Å². The van der Waals surface area contributed by atoms with Crippen LogP contribution in [0, 0.1) is 5.92 Å². The smallest absolute Gasteiger partial charge is 0.355 e. The molecule has 0 saturated carbocycles. The Labute approximate surface area is 604 Å². The predicted octanol–water partition coefficient (Wildman–Crippen LogP) is -5.21. The van der Waals surface area contributed by atoms with Crippen LogP contribution in [-0.2, 0) is 97.4 Å². The van der Waals surface area contributed by atoms with Gasteiger partial charge < -0.3 is 119 Å². The van der Waals surface area contributed by atoms with Crippen molar-refractivity contribution in [1.29, 1.82) is 0 Å². The molecule has 12 amide bonds. The third-order valence-electron chi connectivity index (χ3n) is 16.8. The van der Waals surface area contributed by atoms with Crippen LogP contribution < -0.4 is 64.2 Å². The summed E-state index contributed by atoms with van der Waals surface area (Å²) in [5.74, 6) is -28.5. The van der Waals surface area contributed by atoms with Gasteiger partial charge >= 0.3 is 29.8 Å². The van der Waals surface area contributed by atoms with Crippen LogP contribution in [0.2, 0.25) is 0 Å². The molecule has 40 heteroatoms. The highest BCUT2D eigenvalue weighted by molar-refractivity contribution is 6.05. The fourth-order valence-electron chi connectivity index (χ4n) is 11.2. The van der Waals surface area contributed by atoms with Gasteiger partial charge in [-0.25, -0.2) is 4.79 Å². The van der Waals surface area contributed by atoms with Crippen molar-refractivity contribution in [1.82, 2.24) is 68.5 Å². The molecule has 0 radical (unpaired) electrons. The topological polar surface area (TPSA) is 643 Å². The van der Waals surface area contributed by atoms with Gasteiger partial charge in [0, 0.05) is 46.2 Å². The number of aromatic amines is 2. The van der Waals surface area contributed by atoms with Crippen molar-refractivity contribution in [3.63, 3.8) is 0 Å². The molecule has 0 bridgehead atoms. The van der Waals surface area contributed by atoms with Crippen molar-refractivity contribution in [2.45, 2.75) is 145 Å². The first kappa shape index (κ1) is 81.4. The van der Waals surface area contributed by atoms with Gasteiger partial charge in [0.1, 0.15) is 71.9 Å². The molecule has 2 fully saturated rings. The highest BCUT2D eigenvalue weighted by Crippen LogP contribution is 2.28. The number of phenolic OH excluding ortho intramolecular Hbond substituents is 1. The van der Waals surface area contributed by atoms with Crippen molar-refractivity contribution >= 4 is 129 Å². The second-order valence-corrected chi connectivity index (χ2v) is 24.9. The van der Waals surface area contributed by atoms with E-state index >= 15 is 14.4 Å². The first-order chi connectivity index (χ1) is 50.7. The van der Waals surface area contributed by atoms with Crippen LogP contribution in [0.15, 0.2) is 90.9 Å². The number of ether oxygens (including phenoxy) is 2. The average Bonchev–Trinajstić information content (AvgIpc) is 1.78. The number of amides is 12. The van der Waals surface area contributed by atoms with E-state index in [1.165, 1.54) is 12.4 Å². The first-order valence-electron chi connectivity index (χ1n) is 32.9. The number of aliphatic hydroxyl groups is 2. The van der Waals surface area contributed by atoms with Crippen molar-refractivity contribution in [2.75, 3.05) is 13.2 Å². The second-order valence-electron chi connectivity index (χ2n) is 24.9. The average molecular weight is 1500 g/mol. The molecule has 3 aromatic carbocycles. The van der Waals surface area contributed by atoms with Crippen molar-refractivity contribution in [3.05, 3.63) is 108 Å². The minimum atomic E-state index is -2.74. The van der Waals surface area contributed by atoms with Gasteiger partial charge in [-0.15, -0.1) is 0 Å². The molecule has 0 spiro atoms. The maximum Gasteiger partial charge on any atom is 0.355 e. The van der Waals surface area contributed by atoms with E-state index in [4.69, 9.17) is 15.2 Å². The van der Waals surface area contributed by atoms with Gasteiger partial charge in [-0.3, -0.25) is 76.7 Å². The number of fused-ring (bicyclic) bond motifs is 2.